The Kier molecular flexibility index (Phi) is 5.80. The maximum absolute atomic E-state index is 12.7. The summed E-state index contributed by atoms with van der Waals surface area (Å²) in [6.45, 7) is 2.40. The number of aliphatic carboxylic acids is 1. The third kappa shape index (κ3) is 3.93. The van der Waals surface area contributed by atoms with Gasteiger partial charge < -0.3 is 20.1 Å². The van der Waals surface area contributed by atoms with Crippen LogP contribution in [0.1, 0.15) is 56.1 Å². The number of alkyl carbamates (subject to hydrolysis) is 1. The zero-order chi connectivity index (χ0) is 23.9. The first-order valence-corrected chi connectivity index (χ1v) is 12.0. The normalized spacial score (nSPS) is 25.3. The number of hydrogen-bond donors (Lipinski definition) is 2. The standard InChI is InChI=1S/C27H30N2O5/c1-27(25(31)32)11-6-12-29(27)24(30)15-17-13-18(14-17)28-26(33)34-16-23-21-9-4-2-7-19(21)20-8-3-5-10-22(20)23/h2-5,7-10,17-18,23H,6,11-16H2,1H3,(H,28,33)(H,31,32)/t17?,18?,27-/m1/s1. The van der Waals surface area contributed by atoms with Crippen LogP contribution < -0.4 is 5.32 Å². The van der Waals surface area contributed by atoms with Crippen molar-refractivity contribution in [3.63, 3.8) is 0 Å². The molecule has 2 fully saturated rings. The first-order chi connectivity index (χ1) is 16.4. The highest BCUT2D eigenvalue weighted by Gasteiger charge is 2.46. The number of carbonyl (C=O) groups is 3. The van der Waals surface area contributed by atoms with Gasteiger partial charge in [0.2, 0.25) is 5.91 Å². The summed E-state index contributed by atoms with van der Waals surface area (Å²) in [6, 6.07) is 16.4. The van der Waals surface area contributed by atoms with Crippen LogP contribution in [-0.2, 0) is 14.3 Å². The second-order valence-electron chi connectivity index (χ2n) is 9.94. The summed E-state index contributed by atoms with van der Waals surface area (Å²) in [5.41, 5.74) is 3.63. The Bertz CT molecular complexity index is 1080. The largest absolute Gasteiger partial charge is 0.480 e. The van der Waals surface area contributed by atoms with Crippen molar-refractivity contribution in [2.75, 3.05) is 13.2 Å². The van der Waals surface area contributed by atoms with E-state index in [1.165, 1.54) is 27.2 Å². The number of amides is 2. The summed E-state index contributed by atoms with van der Waals surface area (Å²) in [7, 11) is 0. The molecule has 0 unspecified atom stereocenters. The monoisotopic (exact) mass is 462 g/mol. The van der Waals surface area contributed by atoms with Gasteiger partial charge in [-0.15, -0.1) is 0 Å². The van der Waals surface area contributed by atoms with E-state index in [1.807, 2.05) is 24.3 Å². The number of likely N-dealkylation sites (tertiary alicyclic amines) is 1. The number of carboxylic acids is 1. The third-order valence-corrected chi connectivity index (χ3v) is 7.77. The predicted octanol–water partition coefficient (Wildman–Crippen LogP) is 4.16. The molecule has 7 nitrogen and oxygen atoms in total. The molecule has 3 aliphatic rings. The Labute approximate surface area is 199 Å². The first kappa shape index (κ1) is 22.4. The van der Waals surface area contributed by atoms with Crippen LogP contribution in [0, 0.1) is 5.92 Å². The van der Waals surface area contributed by atoms with E-state index < -0.39 is 17.6 Å². The van der Waals surface area contributed by atoms with Crippen LogP contribution in [0.3, 0.4) is 0 Å². The Morgan fingerprint density at radius 2 is 1.68 bits per heavy atom. The van der Waals surface area contributed by atoms with Gasteiger partial charge in [-0.05, 0) is 60.8 Å². The minimum Gasteiger partial charge on any atom is -0.480 e. The van der Waals surface area contributed by atoms with Gasteiger partial charge >= 0.3 is 12.1 Å². The second-order valence-corrected chi connectivity index (χ2v) is 9.94. The van der Waals surface area contributed by atoms with E-state index in [9.17, 15) is 19.5 Å². The highest BCUT2D eigenvalue weighted by atomic mass is 16.5. The molecule has 7 heteroatoms. The SMILES string of the molecule is C[C@]1(C(=O)O)CCCN1C(=O)CC1CC(NC(=O)OCC2c3ccccc3-c3ccccc32)C1. The van der Waals surface area contributed by atoms with E-state index in [1.54, 1.807) is 6.92 Å². The molecule has 2 amide bonds. The van der Waals surface area contributed by atoms with E-state index >= 15 is 0 Å². The van der Waals surface area contributed by atoms with Gasteiger partial charge in [0.1, 0.15) is 12.1 Å². The molecular weight excluding hydrogens is 432 g/mol. The van der Waals surface area contributed by atoms with Gasteiger partial charge in [0, 0.05) is 24.9 Å². The number of rotatable bonds is 6. The molecule has 5 rings (SSSR count). The molecule has 2 N–H and O–H groups in total. The van der Waals surface area contributed by atoms with Crippen molar-refractivity contribution in [2.45, 2.75) is 56.5 Å². The Balaban J connectivity index is 1.10. The van der Waals surface area contributed by atoms with Crippen LogP contribution in [0.25, 0.3) is 11.1 Å². The molecule has 1 saturated carbocycles. The van der Waals surface area contributed by atoms with Gasteiger partial charge in [0.05, 0.1) is 0 Å². The van der Waals surface area contributed by atoms with E-state index in [0.717, 1.165) is 0 Å². The molecule has 0 bridgehead atoms. The number of ether oxygens (including phenoxy) is 1. The first-order valence-electron chi connectivity index (χ1n) is 12.0. The molecule has 2 aromatic carbocycles. The lowest BCUT2D eigenvalue weighted by molar-refractivity contribution is -0.156. The quantitative estimate of drug-likeness (QED) is 0.672. The number of carbonyl (C=O) groups excluding carboxylic acids is 2. The summed E-state index contributed by atoms with van der Waals surface area (Å²) in [5, 5.41) is 12.4. The van der Waals surface area contributed by atoms with Crippen molar-refractivity contribution in [2.24, 2.45) is 5.92 Å². The third-order valence-electron chi connectivity index (χ3n) is 7.77. The number of fused-ring (bicyclic) bond motifs is 3. The number of hydrogen-bond acceptors (Lipinski definition) is 4. The minimum atomic E-state index is -1.10. The van der Waals surface area contributed by atoms with Crippen molar-refractivity contribution in [3.05, 3.63) is 59.7 Å². The van der Waals surface area contributed by atoms with Crippen LogP contribution >= 0.6 is 0 Å². The summed E-state index contributed by atoms with van der Waals surface area (Å²) in [6.07, 6.45) is 2.50. The molecule has 0 radical (unpaired) electrons. The van der Waals surface area contributed by atoms with Crippen LogP contribution in [0.2, 0.25) is 0 Å². The predicted molar refractivity (Wildman–Crippen MR) is 126 cm³/mol. The molecule has 34 heavy (non-hydrogen) atoms. The number of carboxylic acid groups (broad SMARTS) is 1. The molecule has 1 aliphatic heterocycles. The Morgan fingerprint density at radius 1 is 1.06 bits per heavy atom. The summed E-state index contributed by atoms with van der Waals surface area (Å²) in [4.78, 5) is 38.3. The fourth-order valence-corrected chi connectivity index (χ4v) is 5.77. The van der Waals surface area contributed by atoms with Crippen LogP contribution in [0.4, 0.5) is 4.79 Å². The maximum atomic E-state index is 12.7. The Morgan fingerprint density at radius 3 is 2.29 bits per heavy atom. The lowest BCUT2D eigenvalue weighted by atomic mass is 9.78. The molecule has 0 aromatic heterocycles. The molecule has 178 valence electrons. The lowest BCUT2D eigenvalue weighted by Crippen LogP contribution is -2.52. The molecule has 2 aliphatic carbocycles. The smallest absolute Gasteiger partial charge is 0.407 e. The van der Waals surface area contributed by atoms with Gasteiger partial charge in [0.15, 0.2) is 0 Å². The number of nitrogens with one attached hydrogen (secondary N) is 1. The zero-order valence-electron chi connectivity index (χ0n) is 19.3. The minimum absolute atomic E-state index is 0.0158. The van der Waals surface area contributed by atoms with E-state index in [2.05, 4.69) is 29.6 Å². The molecular formula is C27H30N2O5. The highest BCUT2D eigenvalue weighted by molar-refractivity contribution is 5.87. The molecule has 1 heterocycles. The van der Waals surface area contributed by atoms with Crippen LogP contribution in [-0.4, -0.2) is 52.7 Å². The molecule has 2 aromatic rings. The topological polar surface area (TPSA) is 95.9 Å². The number of benzene rings is 2. The van der Waals surface area contributed by atoms with Crippen molar-refractivity contribution in [1.29, 1.82) is 0 Å². The van der Waals surface area contributed by atoms with Gasteiger partial charge in [-0.3, -0.25) is 4.79 Å². The molecule has 1 saturated heterocycles. The highest BCUT2D eigenvalue weighted by Crippen LogP contribution is 2.44. The lowest BCUT2D eigenvalue weighted by Gasteiger charge is -2.38. The fraction of sp³-hybridized carbons (Fsp3) is 0.444. The van der Waals surface area contributed by atoms with Crippen molar-refractivity contribution in [1.82, 2.24) is 10.2 Å². The van der Waals surface area contributed by atoms with Gasteiger partial charge in [-0.1, -0.05) is 48.5 Å². The zero-order valence-corrected chi connectivity index (χ0v) is 19.3. The van der Waals surface area contributed by atoms with Gasteiger partial charge in [0.25, 0.3) is 0 Å². The van der Waals surface area contributed by atoms with E-state index in [4.69, 9.17) is 4.74 Å². The molecule has 1 atom stereocenters. The van der Waals surface area contributed by atoms with Crippen LogP contribution in [0.15, 0.2) is 48.5 Å². The van der Waals surface area contributed by atoms with E-state index in [0.29, 0.717) is 38.6 Å². The van der Waals surface area contributed by atoms with Crippen molar-refractivity contribution in [3.8, 4) is 11.1 Å². The van der Waals surface area contributed by atoms with Gasteiger partial charge in [-0.25, -0.2) is 9.59 Å². The molecule has 0 spiro atoms. The van der Waals surface area contributed by atoms with Gasteiger partial charge in [-0.2, -0.15) is 0 Å². The fourth-order valence-electron chi connectivity index (χ4n) is 5.77. The Hall–Kier alpha value is -3.35. The average Bonchev–Trinajstić information content (AvgIpc) is 3.35. The summed E-state index contributed by atoms with van der Waals surface area (Å²) in [5.74, 6) is -0.868. The number of nitrogens with zero attached hydrogens (tertiary/aromatic N) is 1. The average molecular weight is 463 g/mol. The summed E-state index contributed by atoms with van der Waals surface area (Å²) >= 11 is 0. The van der Waals surface area contributed by atoms with Crippen LogP contribution in [0.5, 0.6) is 0 Å². The van der Waals surface area contributed by atoms with Crippen molar-refractivity contribution < 1.29 is 24.2 Å². The van der Waals surface area contributed by atoms with Crippen molar-refractivity contribution >= 4 is 18.0 Å². The maximum Gasteiger partial charge on any atom is 0.407 e. The second kappa shape index (κ2) is 8.78. The summed E-state index contributed by atoms with van der Waals surface area (Å²) < 4.78 is 5.61. The van der Waals surface area contributed by atoms with E-state index in [-0.39, 0.29) is 30.4 Å².